The van der Waals surface area contributed by atoms with Crippen molar-refractivity contribution in [1.82, 2.24) is 15.0 Å². The second-order valence-electron chi connectivity index (χ2n) is 5.13. The number of furan rings is 1. The molecular weight excluding hydrogens is 258 g/mol. The molecule has 1 aliphatic carbocycles. The van der Waals surface area contributed by atoms with E-state index in [0.29, 0.717) is 30.1 Å². The van der Waals surface area contributed by atoms with Gasteiger partial charge in [-0.1, -0.05) is 11.6 Å². The highest BCUT2D eigenvalue weighted by Gasteiger charge is 2.26. The van der Waals surface area contributed by atoms with Crippen LogP contribution in [0.4, 0.5) is 0 Å². The highest BCUT2D eigenvalue weighted by molar-refractivity contribution is 5.42. The lowest BCUT2D eigenvalue weighted by Crippen LogP contribution is -2.40. The molecular formula is C14H19N3O3. The predicted molar refractivity (Wildman–Crippen MR) is 71.8 cm³/mol. The second-order valence-corrected chi connectivity index (χ2v) is 5.13. The fraction of sp³-hybridized carbons (Fsp3) is 0.571. The van der Waals surface area contributed by atoms with E-state index in [2.05, 4.69) is 15.0 Å². The normalized spacial score (nSPS) is 15.7. The lowest BCUT2D eigenvalue weighted by atomic mass is 9.91. The second kappa shape index (κ2) is 6.19. The molecule has 2 aromatic heterocycles. The molecule has 0 unspecified atom stereocenters. The summed E-state index contributed by atoms with van der Waals surface area (Å²) in [7, 11) is 0. The van der Waals surface area contributed by atoms with Gasteiger partial charge in [-0.3, -0.25) is 4.90 Å². The molecule has 1 N–H and O–H groups in total. The predicted octanol–water partition coefficient (Wildman–Crippen LogP) is 2.07. The molecule has 1 aliphatic rings. The van der Waals surface area contributed by atoms with Crippen LogP contribution >= 0.6 is 0 Å². The van der Waals surface area contributed by atoms with Gasteiger partial charge in [0.15, 0.2) is 11.6 Å². The summed E-state index contributed by atoms with van der Waals surface area (Å²) in [6, 6.07) is 4.18. The highest BCUT2D eigenvalue weighted by Crippen LogP contribution is 2.26. The maximum absolute atomic E-state index is 8.99. The summed E-state index contributed by atoms with van der Waals surface area (Å²) in [5.74, 6) is 1.68. The topological polar surface area (TPSA) is 75.5 Å². The molecule has 0 spiro atoms. The molecule has 0 amide bonds. The van der Waals surface area contributed by atoms with Gasteiger partial charge in [0.1, 0.15) is 0 Å². The summed E-state index contributed by atoms with van der Waals surface area (Å²) in [6.45, 7) is 1.74. The monoisotopic (exact) mass is 277 g/mol. The van der Waals surface area contributed by atoms with Crippen molar-refractivity contribution >= 4 is 0 Å². The van der Waals surface area contributed by atoms with Crippen LogP contribution in [0.15, 0.2) is 27.3 Å². The fourth-order valence-corrected chi connectivity index (χ4v) is 2.42. The van der Waals surface area contributed by atoms with Gasteiger partial charge >= 0.3 is 0 Å². The third-order valence-electron chi connectivity index (χ3n) is 3.74. The molecule has 0 aliphatic heterocycles. The zero-order valence-electron chi connectivity index (χ0n) is 11.4. The maximum Gasteiger partial charge on any atom is 0.293 e. The lowest BCUT2D eigenvalue weighted by Gasteiger charge is -2.36. The van der Waals surface area contributed by atoms with Gasteiger partial charge in [-0.2, -0.15) is 4.98 Å². The summed E-state index contributed by atoms with van der Waals surface area (Å²) in [5, 5.41) is 13.0. The lowest BCUT2D eigenvalue weighted by molar-refractivity contribution is 0.105. The van der Waals surface area contributed by atoms with Crippen LogP contribution in [0, 0.1) is 0 Å². The van der Waals surface area contributed by atoms with Crippen LogP contribution in [0.2, 0.25) is 0 Å². The highest BCUT2D eigenvalue weighted by atomic mass is 16.5. The molecule has 0 atom stereocenters. The van der Waals surface area contributed by atoms with E-state index < -0.39 is 0 Å². The summed E-state index contributed by atoms with van der Waals surface area (Å²) >= 11 is 0. The number of nitrogens with zero attached hydrogens (tertiary/aromatic N) is 3. The molecule has 0 radical (unpaired) electrons. The number of hydrogen-bond donors (Lipinski definition) is 1. The average molecular weight is 277 g/mol. The SMILES string of the molecule is OCCCN(Cc1noc(-c2ccco2)n1)C1CCC1. The smallest absolute Gasteiger partial charge is 0.293 e. The Morgan fingerprint density at radius 3 is 2.95 bits per heavy atom. The van der Waals surface area contributed by atoms with Crippen molar-refractivity contribution in [3.63, 3.8) is 0 Å². The van der Waals surface area contributed by atoms with Gasteiger partial charge in [-0.05, 0) is 31.4 Å². The molecule has 6 nitrogen and oxygen atoms in total. The van der Waals surface area contributed by atoms with E-state index in [0.717, 1.165) is 13.0 Å². The van der Waals surface area contributed by atoms with Crippen LogP contribution in [0.25, 0.3) is 11.7 Å². The van der Waals surface area contributed by atoms with E-state index in [4.69, 9.17) is 14.0 Å². The Labute approximate surface area is 117 Å². The van der Waals surface area contributed by atoms with Crippen molar-refractivity contribution in [3.05, 3.63) is 24.2 Å². The Morgan fingerprint density at radius 1 is 1.40 bits per heavy atom. The minimum absolute atomic E-state index is 0.215. The first-order chi connectivity index (χ1) is 9.86. The van der Waals surface area contributed by atoms with E-state index in [1.54, 1.807) is 18.4 Å². The first-order valence-corrected chi connectivity index (χ1v) is 7.08. The van der Waals surface area contributed by atoms with Crippen LogP contribution < -0.4 is 0 Å². The average Bonchev–Trinajstić information content (AvgIpc) is 3.04. The summed E-state index contributed by atoms with van der Waals surface area (Å²) in [6.07, 6.45) is 6.08. The van der Waals surface area contributed by atoms with Crippen LogP contribution in [0.3, 0.4) is 0 Å². The molecule has 1 saturated carbocycles. The Hall–Kier alpha value is -1.66. The largest absolute Gasteiger partial charge is 0.459 e. The zero-order valence-corrected chi connectivity index (χ0v) is 11.4. The Bertz CT molecular complexity index is 520. The summed E-state index contributed by atoms with van der Waals surface area (Å²) in [4.78, 5) is 6.70. The van der Waals surface area contributed by atoms with Gasteiger partial charge in [0.2, 0.25) is 0 Å². The van der Waals surface area contributed by atoms with Crippen molar-refractivity contribution in [2.24, 2.45) is 0 Å². The van der Waals surface area contributed by atoms with Crippen molar-refractivity contribution in [2.45, 2.75) is 38.3 Å². The number of aliphatic hydroxyl groups excluding tert-OH is 1. The van der Waals surface area contributed by atoms with E-state index >= 15 is 0 Å². The van der Waals surface area contributed by atoms with Gasteiger partial charge in [0.25, 0.3) is 5.89 Å². The third-order valence-corrected chi connectivity index (χ3v) is 3.74. The molecule has 20 heavy (non-hydrogen) atoms. The molecule has 3 rings (SSSR count). The Balaban J connectivity index is 1.65. The summed E-state index contributed by atoms with van der Waals surface area (Å²) < 4.78 is 10.5. The first-order valence-electron chi connectivity index (χ1n) is 7.08. The van der Waals surface area contributed by atoms with Crippen molar-refractivity contribution in [3.8, 4) is 11.7 Å². The number of aromatic nitrogens is 2. The van der Waals surface area contributed by atoms with Gasteiger partial charge in [-0.15, -0.1) is 0 Å². The number of rotatable bonds is 7. The minimum Gasteiger partial charge on any atom is -0.459 e. The van der Waals surface area contributed by atoms with Crippen molar-refractivity contribution < 1.29 is 14.0 Å². The van der Waals surface area contributed by atoms with E-state index in [9.17, 15) is 0 Å². The van der Waals surface area contributed by atoms with E-state index in [1.807, 2.05) is 0 Å². The van der Waals surface area contributed by atoms with Gasteiger partial charge < -0.3 is 14.0 Å². The molecule has 1 fully saturated rings. The Morgan fingerprint density at radius 2 is 2.30 bits per heavy atom. The van der Waals surface area contributed by atoms with Crippen LogP contribution in [-0.4, -0.2) is 39.3 Å². The van der Waals surface area contributed by atoms with E-state index in [1.165, 1.54) is 19.3 Å². The van der Waals surface area contributed by atoms with Gasteiger partial charge in [0.05, 0.1) is 12.8 Å². The molecule has 0 bridgehead atoms. The first kappa shape index (κ1) is 13.3. The van der Waals surface area contributed by atoms with Gasteiger partial charge in [-0.25, -0.2) is 0 Å². The standard InChI is InChI=1S/C14H19N3O3/c18-8-3-7-17(11-4-1-5-11)10-13-15-14(20-16-13)12-6-2-9-19-12/h2,6,9,11,18H,1,3-5,7-8,10H2. The minimum atomic E-state index is 0.215. The van der Waals surface area contributed by atoms with Crippen molar-refractivity contribution in [2.75, 3.05) is 13.2 Å². The maximum atomic E-state index is 8.99. The molecule has 6 heteroatoms. The molecule has 2 aromatic rings. The molecule has 0 aromatic carbocycles. The fourth-order valence-electron chi connectivity index (χ4n) is 2.42. The van der Waals surface area contributed by atoms with Gasteiger partial charge in [0, 0.05) is 19.2 Å². The molecule has 0 saturated heterocycles. The van der Waals surface area contributed by atoms with Crippen LogP contribution in [0.5, 0.6) is 0 Å². The molecule has 108 valence electrons. The number of aliphatic hydroxyl groups is 1. The molecule has 2 heterocycles. The van der Waals surface area contributed by atoms with Crippen LogP contribution in [-0.2, 0) is 6.54 Å². The number of hydrogen-bond acceptors (Lipinski definition) is 6. The zero-order chi connectivity index (χ0) is 13.8. The van der Waals surface area contributed by atoms with Crippen molar-refractivity contribution in [1.29, 1.82) is 0 Å². The Kier molecular flexibility index (Phi) is 4.13. The van der Waals surface area contributed by atoms with Crippen LogP contribution in [0.1, 0.15) is 31.5 Å². The quantitative estimate of drug-likeness (QED) is 0.835. The van der Waals surface area contributed by atoms with E-state index in [-0.39, 0.29) is 6.61 Å². The third kappa shape index (κ3) is 2.91. The summed E-state index contributed by atoms with van der Waals surface area (Å²) in [5.41, 5.74) is 0.